The van der Waals surface area contributed by atoms with Crippen LogP contribution >= 0.6 is 0 Å². The van der Waals surface area contributed by atoms with Crippen LogP contribution in [0.25, 0.3) is 0 Å². The minimum atomic E-state index is 0.910. The van der Waals surface area contributed by atoms with E-state index in [1.807, 2.05) is 32.0 Å². The van der Waals surface area contributed by atoms with Crippen molar-refractivity contribution in [1.82, 2.24) is 4.98 Å². The van der Waals surface area contributed by atoms with Crippen LogP contribution in [0.4, 0.5) is 0 Å². The predicted octanol–water partition coefficient (Wildman–Crippen LogP) is 1.96. The first-order chi connectivity index (χ1) is 6.69. The number of aromatic nitrogens is 1. The maximum atomic E-state index is 4.45. The van der Waals surface area contributed by atoms with Crippen molar-refractivity contribution >= 4 is 11.4 Å². The molecule has 1 rings (SSSR count). The normalized spacial score (nSPS) is 13.1. The van der Waals surface area contributed by atoms with Gasteiger partial charge in [-0.1, -0.05) is 6.07 Å². The number of rotatable bonds is 2. The molecule has 1 aromatic heterocycles. The summed E-state index contributed by atoms with van der Waals surface area (Å²) in [6.45, 7) is 3.90. The van der Waals surface area contributed by atoms with Crippen LogP contribution in [0.5, 0.6) is 0 Å². The van der Waals surface area contributed by atoms with Crippen LogP contribution in [0, 0.1) is 0 Å². The van der Waals surface area contributed by atoms with Gasteiger partial charge in [0.2, 0.25) is 0 Å². The van der Waals surface area contributed by atoms with E-state index in [9.17, 15) is 0 Å². The second kappa shape index (κ2) is 4.65. The molecule has 3 heteroatoms. The van der Waals surface area contributed by atoms with Crippen molar-refractivity contribution in [3.63, 3.8) is 0 Å². The first kappa shape index (κ1) is 10.6. The lowest BCUT2D eigenvalue weighted by Gasteiger charge is -2.02. The summed E-state index contributed by atoms with van der Waals surface area (Å²) in [5, 5.41) is 0. The molecule has 0 aromatic carbocycles. The monoisotopic (exact) mass is 189 g/mol. The van der Waals surface area contributed by atoms with Crippen LogP contribution < -0.4 is 0 Å². The van der Waals surface area contributed by atoms with Crippen LogP contribution in [-0.2, 0) is 0 Å². The lowest BCUT2D eigenvalue weighted by Crippen LogP contribution is -2.04. The average molecular weight is 189 g/mol. The van der Waals surface area contributed by atoms with Gasteiger partial charge in [-0.3, -0.25) is 9.98 Å². The van der Waals surface area contributed by atoms with Crippen molar-refractivity contribution < 1.29 is 0 Å². The molecule has 0 aliphatic carbocycles. The molecular formula is C11H15N3. The Bertz CT molecular complexity index is 345. The topological polar surface area (TPSA) is 37.6 Å². The van der Waals surface area contributed by atoms with Gasteiger partial charge in [-0.25, -0.2) is 4.98 Å². The van der Waals surface area contributed by atoms with Crippen LogP contribution in [0.2, 0.25) is 0 Å². The molecule has 14 heavy (non-hydrogen) atoms. The van der Waals surface area contributed by atoms with Crippen molar-refractivity contribution in [2.45, 2.75) is 13.8 Å². The van der Waals surface area contributed by atoms with E-state index in [1.165, 1.54) is 0 Å². The zero-order valence-electron chi connectivity index (χ0n) is 9.07. The summed E-state index contributed by atoms with van der Waals surface area (Å²) in [6.07, 6.45) is 0. The van der Waals surface area contributed by atoms with E-state index in [1.54, 1.807) is 14.1 Å². The largest absolute Gasteiger partial charge is 0.291 e. The lowest BCUT2D eigenvalue weighted by molar-refractivity contribution is 1.22. The van der Waals surface area contributed by atoms with Crippen LogP contribution in [0.15, 0.2) is 28.2 Å². The molecule has 0 atom stereocenters. The smallest absolute Gasteiger partial charge is 0.0844 e. The Balaban J connectivity index is 3.14. The zero-order chi connectivity index (χ0) is 10.6. The fourth-order valence-corrected chi connectivity index (χ4v) is 1.07. The molecule has 0 fully saturated rings. The van der Waals surface area contributed by atoms with Gasteiger partial charge in [-0.15, -0.1) is 0 Å². The number of hydrogen-bond acceptors (Lipinski definition) is 3. The first-order valence-corrected chi connectivity index (χ1v) is 4.53. The molecule has 0 radical (unpaired) electrons. The fraction of sp³-hybridized carbons (Fsp3) is 0.364. The van der Waals surface area contributed by atoms with Gasteiger partial charge in [-0.05, 0) is 26.0 Å². The van der Waals surface area contributed by atoms with Gasteiger partial charge in [0.25, 0.3) is 0 Å². The van der Waals surface area contributed by atoms with Crippen molar-refractivity contribution in [2.24, 2.45) is 9.98 Å². The van der Waals surface area contributed by atoms with Gasteiger partial charge in [0.05, 0.1) is 22.8 Å². The molecular weight excluding hydrogens is 174 g/mol. The Morgan fingerprint density at radius 3 is 1.79 bits per heavy atom. The molecule has 0 amide bonds. The summed E-state index contributed by atoms with van der Waals surface area (Å²) in [4.78, 5) is 12.7. The maximum absolute atomic E-state index is 4.45. The number of hydrogen-bond donors (Lipinski definition) is 0. The molecule has 0 N–H and O–H groups in total. The Morgan fingerprint density at radius 2 is 1.43 bits per heavy atom. The van der Waals surface area contributed by atoms with E-state index in [0.717, 1.165) is 22.8 Å². The van der Waals surface area contributed by atoms with Crippen molar-refractivity contribution in [3.8, 4) is 0 Å². The molecule has 74 valence electrons. The van der Waals surface area contributed by atoms with E-state index >= 15 is 0 Å². The summed E-state index contributed by atoms with van der Waals surface area (Å²) in [6, 6.07) is 5.88. The minimum absolute atomic E-state index is 0.910. The molecule has 1 heterocycles. The number of aliphatic imine (C=N–C) groups is 2. The Morgan fingerprint density at radius 1 is 1.00 bits per heavy atom. The zero-order valence-corrected chi connectivity index (χ0v) is 9.07. The van der Waals surface area contributed by atoms with E-state index in [4.69, 9.17) is 0 Å². The van der Waals surface area contributed by atoms with Crippen LogP contribution in [0.3, 0.4) is 0 Å². The van der Waals surface area contributed by atoms with Gasteiger partial charge >= 0.3 is 0 Å². The minimum Gasteiger partial charge on any atom is -0.291 e. The molecule has 3 nitrogen and oxygen atoms in total. The quantitative estimate of drug-likeness (QED) is 0.655. The van der Waals surface area contributed by atoms with E-state index in [2.05, 4.69) is 15.0 Å². The number of pyridine rings is 1. The third-order valence-electron chi connectivity index (χ3n) is 2.16. The summed E-state index contributed by atoms with van der Waals surface area (Å²) in [5.41, 5.74) is 3.70. The van der Waals surface area contributed by atoms with Crippen LogP contribution in [-0.4, -0.2) is 30.5 Å². The Hall–Kier alpha value is -1.51. The standard InChI is InChI=1S/C11H15N3/c1-8(12-3)10-6-5-7-11(14-10)9(2)13-4/h5-7H,1-4H3/b12-8+,13-9+. The van der Waals surface area contributed by atoms with Gasteiger partial charge in [0.15, 0.2) is 0 Å². The second-order valence-corrected chi connectivity index (χ2v) is 3.03. The molecule has 0 spiro atoms. The summed E-state index contributed by atoms with van der Waals surface area (Å²) < 4.78 is 0. The Labute approximate surface area is 84.6 Å². The third kappa shape index (κ3) is 2.25. The van der Waals surface area contributed by atoms with Crippen molar-refractivity contribution in [2.75, 3.05) is 14.1 Å². The maximum Gasteiger partial charge on any atom is 0.0844 e. The molecule has 0 aliphatic heterocycles. The highest BCUT2D eigenvalue weighted by atomic mass is 14.8. The molecule has 0 saturated heterocycles. The SMILES string of the molecule is C/N=C(\C)c1cccc(/C(C)=N/C)n1. The third-order valence-corrected chi connectivity index (χ3v) is 2.16. The highest BCUT2D eigenvalue weighted by Gasteiger charge is 2.01. The van der Waals surface area contributed by atoms with Crippen molar-refractivity contribution in [1.29, 1.82) is 0 Å². The van der Waals surface area contributed by atoms with Gasteiger partial charge in [0, 0.05) is 14.1 Å². The lowest BCUT2D eigenvalue weighted by atomic mass is 10.2. The van der Waals surface area contributed by atoms with Gasteiger partial charge in [0.1, 0.15) is 0 Å². The van der Waals surface area contributed by atoms with Gasteiger partial charge < -0.3 is 0 Å². The van der Waals surface area contributed by atoms with Gasteiger partial charge in [-0.2, -0.15) is 0 Å². The molecule has 0 bridgehead atoms. The van der Waals surface area contributed by atoms with E-state index in [0.29, 0.717) is 0 Å². The molecule has 0 saturated carbocycles. The Kier molecular flexibility index (Phi) is 3.51. The van der Waals surface area contributed by atoms with Crippen LogP contribution in [0.1, 0.15) is 25.2 Å². The second-order valence-electron chi connectivity index (χ2n) is 3.03. The molecule has 0 aliphatic rings. The number of nitrogens with zero attached hydrogens (tertiary/aromatic N) is 3. The van der Waals surface area contributed by atoms with E-state index < -0.39 is 0 Å². The predicted molar refractivity (Wildman–Crippen MR) is 60.5 cm³/mol. The molecule has 1 aromatic rings. The average Bonchev–Trinajstić information content (AvgIpc) is 2.27. The van der Waals surface area contributed by atoms with E-state index in [-0.39, 0.29) is 0 Å². The highest BCUT2D eigenvalue weighted by Crippen LogP contribution is 2.02. The highest BCUT2D eigenvalue weighted by molar-refractivity contribution is 6.00. The van der Waals surface area contributed by atoms with Crippen molar-refractivity contribution in [3.05, 3.63) is 29.6 Å². The summed E-state index contributed by atoms with van der Waals surface area (Å²) >= 11 is 0. The summed E-state index contributed by atoms with van der Waals surface area (Å²) in [7, 11) is 3.54. The molecule has 0 unspecified atom stereocenters. The summed E-state index contributed by atoms with van der Waals surface area (Å²) in [5.74, 6) is 0. The first-order valence-electron chi connectivity index (χ1n) is 4.53. The fourth-order valence-electron chi connectivity index (χ4n) is 1.07.